The fourth-order valence-corrected chi connectivity index (χ4v) is 8.76. The Morgan fingerprint density at radius 3 is 2.27 bits per heavy atom. The molecule has 0 aromatic heterocycles. The van der Waals surface area contributed by atoms with Crippen molar-refractivity contribution >= 4 is 5.97 Å². The predicted molar refractivity (Wildman–Crippen MR) is 111 cm³/mol. The van der Waals surface area contributed by atoms with Crippen LogP contribution in [0.3, 0.4) is 0 Å². The van der Waals surface area contributed by atoms with Crippen LogP contribution in [0.25, 0.3) is 0 Å². The first kappa shape index (κ1) is 22.5. The fraction of sp³-hybridized carbons (Fsp3) is 0.958. The summed E-state index contributed by atoms with van der Waals surface area (Å²) in [6.07, 6.45) is 2.68. The molecule has 0 aliphatic heterocycles. The summed E-state index contributed by atoms with van der Waals surface area (Å²) in [6, 6.07) is 0. The normalized spacial score (nSPS) is 54.0. The van der Waals surface area contributed by atoms with Gasteiger partial charge in [0.15, 0.2) is 0 Å². The summed E-state index contributed by atoms with van der Waals surface area (Å²) in [5.74, 6) is -0.00131. The molecule has 0 bridgehead atoms. The molecule has 30 heavy (non-hydrogen) atoms. The van der Waals surface area contributed by atoms with E-state index in [2.05, 4.69) is 20.8 Å². The van der Waals surface area contributed by atoms with Crippen molar-refractivity contribution < 1.29 is 30.3 Å². The second-order valence-electron chi connectivity index (χ2n) is 11.5. The third kappa shape index (κ3) is 3.16. The van der Waals surface area contributed by atoms with Crippen molar-refractivity contribution in [2.45, 2.75) is 96.6 Å². The lowest BCUT2D eigenvalue weighted by Crippen LogP contribution is -2.65. The number of hydrogen-bond donors (Lipinski definition) is 5. The highest BCUT2D eigenvalue weighted by atomic mass is 16.4. The van der Waals surface area contributed by atoms with Crippen LogP contribution in [0.15, 0.2) is 0 Å². The lowest BCUT2D eigenvalue weighted by Gasteiger charge is -2.64. The summed E-state index contributed by atoms with van der Waals surface area (Å²) < 4.78 is 0. The number of hydrogen-bond acceptors (Lipinski definition) is 5. The second kappa shape index (κ2) is 7.72. The molecular weight excluding hydrogens is 384 g/mol. The summed E-state index contributed by atoms with van der Waals surface area (Å²) in [4.78, 5) is 11.1. The lowest BCUT2D eigenvalue weighted by molar-refractivity contribution is -0.234. The molecule has 0 spiro atoms. The lowest BCUT2D eigenvalue weighted by atomic mass is 9.42. The molecule has 6 heteroatoms. The highest BCUT2D eigenvalue weighted by molar-refractivity contribution is 5.66. The maximum absolute atomic E-state index is 11.5. The van der Waals surface area contributed by atoms with Gasteiger partial charge in [0.2, 0.25) is 0 Å². The van der Waals surface area contributed by atoms with Crippen molar-refractivity contribution in [2.75, 3.05) is 0 Å². The summed E-state index contributed by atoms with van der Waals surface area (Å²) in [7, 11) is 0. The van der Waals surface area contributed by atoms with Crippen LogP contribution in [-0.2, 0) is 4.79 Å². The molecule has 0 saturated heterocycles. The zero-order valence-corrected chi connectivity index (χ0v) is 18.6. The van der Waals surface area contributed by atoms with E-state index in [1.54, 1.807) is 0 Å². The molecule has 4 saturated carbocycles. The van der Waals surface area contributed by atoms with Gasteiger partial charge in [-0.15, -0.1) is 0 Å². The van der Waals surface area contributed by atoms with Crippen molar-refractivity contribution in [1.29, 1.82) is 0 Å². The first-order valence-corrected chi connectivity index (χ1v) is 11.9. The van der Waals surface area contributed by atoms with Crippen LogP contribution in [0.4, 0.5) is 0 Å². The molecule has 6 nitrogen and oxygen atoms in total. The van der Waals surface area contributed by atoms with E-state index in [1.165, 1.54) is 0 Å². The number of fused-ring (bicyclic) bond motifs is 5. The van der Waals surface area contributed by atoms with Crippen molar-refractivity contribution in [3.63, 3.8) is 0 Å². The number of rotatable bonds is 4. The summed E-state index contributed by atoms with van der Waals surface area (Å²) in [5.41, 5.74) is -0.721. The first-order chi connectivity index (χ1) is 14.0. The summed E-state index contributed by atoms with van der Waals surface area (Å²) in [6.45, 7) is 6.39. The zero-order valence-electron chi connectivity index (χ0n) is 18.6. The molecule has 4 aliphatic carbocycles. The van der Waals surface area contributed by atoms with E-state index in [9.17, 15) is 25.2 Å². The number of aliphatic carboxylic acids is 1. The Morgan fingerprint density at radius 2 is 1.60 bits per heavy atom. The Kier molecular flexibility index (Phi) is 5.79. The molecule has 0 aromatic rings. The molecule has 4 fully saturated rings. The minimum atomic E-state index is -0.777. The number of carbonyl (C=O) groups is 1. The van der Waals surface area contributed by atoms with Gasteiger partial charge in [0.25, 0.3) is 0 Å². The van der Waals surface area contributed by atoms with Gasteiger partial charge >= 0.3 is 5.97 Å². The zero-order chi connectivity index (χ0) is 22.0. The molecule has 4 rings (SSSR count). The van der Waals surface area contributed by atoms with Gasteiger partial charge in [-0.3, -0.25) is 4.79 Å². The maximum Gasteiger partial charge on any atom is 0.303 e. The van der Waals surface area contributed by atoms with Crippen LogP contribution in [0, 0.1) is 46.3 Å². The Hall–Kier alpha value is -0.690. The van der Waals surface area contributed by atoms with Crippen LogP contribution in [0.5, 0.6) is 0 Å². The van der Waals surface area contributed by atoms with Gasteiger partial charge in [0.1, 0.15) is 0 Å². The van der Waals surface area contributed by atoms with Gasteiger partial charge in [-0.2, -0.15) is 0 Å². The van der Waals surface area contributed by atoms with E-state index in [0.29, 0.717) is 32.1 Å². The third-order valence-electron chi connectivity index (χ3n) is 10.4. The largest absolute Gasteiger partial charge is 0.481 e. The standard InChI is InChI=1S/C24H40O6/c1-12(4-7-21(29)30)15-5-6-16-22-17(11-20(28)24(15,16)3)23(2)13(9-18(22)26)8-14(25)10-19(23)27/h12-20,22,25-28H,4-11H2,1-3H3,(H,29,30)/t12-,13?,14?,15-,16+,17+,18?,19?,20?,22+,23+,24-/m1/s1. The Bertz CT molecular complexity index is 668. The molecule has 0 aromatic carbocycles. The molecule has 0 radical (unpaired) electrons. The average Bonchev–Trinajstić information content (AvgIpc) is 3.01. The first-order valence-electron chi connectivity index (χ1n) is 11.9. The molecular formula is C24H40O6. The minimum absolute atomic E-state index is 0.0369. The van der Waals surface area contributed by atoms with Gasteiger partial charge in [0.05, 0.1) is 24.4 Å². The monoisotopic (exact) mass is 424 g/mol. The van der Waals surface area contributed by atoms with Crippen molar-refractivity contribution in [2.24, 2.45) is 46.3 Å². The topological polar surface area (TPSA) is 118 Å². The van der Waals surface area contributed by atoms with E-state index in [-0.39, 0.29) is 47.3 Å². The van der Waals surface area contributed by atoms with Crippen LogP contribution >= 0.6 is 0 Å². The highest BCUT2D eigenvalue weighted by Crippen LogP contribution is 2.68. The van der Waals surface area contributed by atoms with Crippen LogP contribution < -0.4 is 0 Å². The van der Waals surface area contributed by atoms with Crippen molar-refractivity contribution in [3.8, 4) is 0 Å². The van der Waals surface area contributed by atoms with Crippen molar-refractivity contribution in [3.05, 3.63) is 0 Å². The fourth-order valence-electron chi connectivity index (χ4n) is 8.76. The predicted octanol–water partition coefficient (Wildman–Crippen LogP) is 2.42. The van der Waals surface area contributed by atoms with Crippen molar-refractivity contribution in [1.82, 2.24) is 0 Å². The molecule has 0 heterocycles. The number of aliphatic hydroxyl groups excluding tert-OH is 4. The van der Waals surface area contributed by atoms with Gasteiger partial charge in [0, 0.05) is 6.42 Å². The SMILES string of the molecule is C[C@H](CCC(=O)O)[C@H]1CC[C@H]2[C@@H]3C(O)CC4CC(O)CC(O)[C@]4(C)[C@H]3CC(O)[C@]12C. The van der Waals surface area contributed by atoms with E-state index >= 15 is 0 Å². The molecule has 4 aliphatic rings. The third-order valence-corrected chi connectivity index (χ3v) is 10.4. The molecule has 5 N–H and O–H groups in total. The van der Waals surface area contributed by atoms with Gasteiger partial charge < -0.3 is 25.5 Å². The highest BCUT2D eigenvalue weighted by Gasteiger charge is 2.67. The molecule has 5 unspecified atom stereocenters. The minimum Gasteiger partial charge on any atom is -0.481 e. The van der Waals surface area contributed by atoms with E-state index in [4.69, 9.17) is 5.11 Å². The summed E-state index contributed by atoms with van der Waals surface area (Å²) in [5, 5.41) is 53.1. The van der Waals surface area contributed by atoms with Crippen LogP contribution in [0.2, 0.25) is 0 Å². The maximum atomic E-state index is 11.5. The number of aliphatic hydroxyl groups is 4. The molecule has 12 atom stereocenters. The van der Waals surface area contributed by atoms with E-state index < -0.39 is 35.8 Å². The van der Waals surface area contributed by atoms with Gasteiger partial charge in [-0.1, -0.05) is 20.8 Å². The second-order valence-corrected chi connectivity index (χ2v) is 11.5. The summed E-state index contributed by atoms with van der Waals surface area (Å²) >= 11 is 0. The molecule has 172 valence electrons. The average molecular weight is 425 g/mol. The van der Waals surface area contributed by atoms with Gasteiger partial charge in [-0.05, 0) is 91.3 Å². The van der Waals surface area contributed by atoms with Gasteiger partial charge in [-0.25, -0.2) is 0 Å². The quantitative estimate of drug-likeness (QED) is 0.473. The Balaban J connectivity index is 1.63. The Labute approximate surface area is 179 Å². The molecule has 0 amide bonds. The van der Waals surface area contributed by atoms with E-state index in [1.807, 2.05) is 0 Å². The smallest absolute Gasteiger partial charge is 0.303 e. The number of carboxylic acid groups (broad SMARTS) is 1. The van der Waals surface area contributed by atoms with Crippen LogP contribution in [-0.4, -0.2) is 55.9 Å². The number of carboxylic acids is 1. The Morgan fingerprint density at radius 1 is 0.933 bits per heavy atom. The van der Waals surface area contributed by atoms with E-state index in [0.717, 1.165) is 12.8 Å². The van der Waals surface area contributed by atoms with Crippen LogP contribution in [0.1, 0.15) is 72.1 Å².